The van der Waals surface area contributed by atoms with Gasteiger partial charge in [-0.15, -0.1) is 0 Å². The Hall–Kier alpha value is -2.42. The Labute approximate surface area is 171 Å². The Kier molecular flexibility index (Phi) is 6.56. The van der Waals surface area contributed by atoms with Crippen molar-refractivity contribution in [1.82, 2.24) is 10.2 Å². The number of sulfonamides is 1. The van der Waals surface area contributed by atoms with Crippen LogP contribution in [0.5, 0.6) is 11.5 Å². The van der Waals surface area contributed by atoms with Gasteiger partial charge in [0.25, 0.3) is 0 Å². The van der Waals surface area contributed by atoms with Crippen molar-refractivity contribution in [2.45, 2.75) is 55.9 Å². The van der Waals surface area contributed by atoms with Crippen LogP contribution < -0.4 is 14.9 Å². The third-order valence-corrected chi connectivity index (χ3v) is 6.77. The summed E-state index contributed by atoms with van der Waals surface area (Å²) in [7, 11) is -3.83. The molecule has 2 aromatic rings. The molecule has 156 valence electrons. The van der Waals surface area contributed by atoms with Gasteiger partial charge in [-0.1, -0.05) is 37.0 Å². The van der Waals surface area contributed by atoms with E-state index in [1.807, 2.05) is 31.2 Å². The summed E-state index contributed by atoms with van der Waals surface area (Å²) >= 11 is 0. The van der Waals surface area contributed by atoms with Gasteiger partial charge in [-0.3, -0.25) is 10.0 Å². The van der Waals surface area contributed by atoms with Gasteiger partial charge in [-0.05, 0) is 56.2 Å². The molecular weight excluding hydrogens is 392 g/mol. The lowest BCUT2D eigenvalue weighted by Crippen LogP contribution is -2.52. The highest BCUT2D eigenvalue weighted by atomic mass is 32.2. The molecule has 0 bridgehead atoms. The predicted octanol–water partition coefficient (Wildman–Crippen LogP) is 3.66. The highest BCUT2D eigenvalue weighted by molar-refractivity contribution is 7.89. The summed E-state index contributed by atoms with van der Waals surface area (Å²) in [4.78, 5) is 11.8. The van der Waals surface area contributed by atoms with Gasteiger partial charge in [0.05, 0.1) is 4.90 Å². The number of carbonyl (C=O) groups is 1. The standard InChI is InChI=1S/C21H26N2O5S/c1-16-5-7-17(8-6-16)28-18-9-11-19(12-10-18)29(26,27)23-21(15-20(24)22-25)13-3-2-4-14-21/h5-12,23,25H,2-4,13-15H2,1H3,(H,22,24). The van der Waals surface area contributed by atoms with E-state index in [-0.39, 0.29) is 11.3 Å². The zero-order valence-corrected chi connectivity index (χ0v) is 17.2. The van der Waals surface area contributed by atoms with Gasteiger partial charge in [0.15, 0.2) is 0 Å². The molecule has 0 atom stereocenters. The zero-order valence-electron chi connectivity index (χ0n) is 16.3. The Balaban J connectivity index is 1.75. The maximum absolute atomic E-state index is 12.9. The molecule has 0 spiro atoms. The normalized spacial score (nSPS) is 16.2. The molecule has 3 rings (SSSR count). The first-order chi connectivity index (χ1) is 13.8. The molecule has 8 heteroatoms. The van der Waals surface area contributed by atoms with Crippen LogP contribution >= 0.6 is 0 Å². The maximum atomic E-state index is 12.9. The summed E-state index contributed by atoms with van der Waals surface area (Å²) in [5.41, 5.74) is 1.84. The topological polar surface area (TPSA) is 105 Å². The lowest BCUT2D eigenvalue weighted by Gasteiger charge is -2.37. The lowest BCUT2D eigenvalue weighted by atomic mass is 9.80. The van der Waals surface area contributed by atoms with Crippen LogP contribution in [-0.2, 0) is 14.8 Å². The second-order valence-electron chi connectivity index (χ2n) is 7.54. The second-order valence-corrected chi connectivity index (χ2v) is 9.23. The molecular formula is C21H26N2O5S. The number of rotatable bonds is 7. The van der Waals surface area contributed by atoms with E-state index in [4.69, 9.17) is 9.94 Å². The zero-order chi connectivity index (χ0) is 20.9. The van der Waals surface area contributed by atoms with Crippen LogP contribution in [0.15, 0.2) is 53.4 Å². The first-order valence-corrected chi connectivity index (χ1v) is 11.1. The van der Waals surface area contributed by atoms with Gasteiger partial charge in [0, 0.05) is 12.0 Å². The van der Waals surface area contributed by atoms with Crippen molar-refractivity contribution in [3.63, 3.8) is 0 Å². The van der Waals surface area contributed by atoms with Crippen LogP contribution in [-0.4, -0.2) is 25.1 Å². The second kappa shape index (κ2) is 8.94. The fourth-order valence-corrected chi connectivity index (χ4v) is 5.12. The van der Waals surface area contributed by atoms with Crippen LogP contribution in [0.4, 0.5) is 0 Å². The quantitative estimate of drug-likeness (QED) is 0.470. The van der Waals surface area contributed by atoms with Gasteiger partial charge >= 0.3 is 0 Å². The SMILES string of the molecule is Cc1ccc(Oc2ccc(S(=O)(=O)NC3(CC(=O)NO)CCCCC3)cc2)cc1. The Morgan fingerprint density at radius 1 is 1.00 bits per heavy atom. The summed E-state index contributed by atoms with van der Waals surface area (Å²) in [6.07, 6.45) is 3.64. The number of carbonyl (C=O) groups excluding carboxylic acids is 1. The van der Waals surface area contributed by atoms with Crippen molar-refractivity contribution in [3.05, 3.63) is 54.1 Å². The highest BCUT2D eigenvalue weighted by Crippen LogP contribution is 2.33. The largest absolute Gasteiger partial charge is 0.457 e. The highest BCUT2D eigenvalue weighted by Gasteiger charge is 2.38. The van der Waals surface area contributed by atoms with E-state index in [1.165, 1.54) is 12.1 Å². The van der Waals surface area contributed by atoms with E-state index >= 15 is 0 Å². The molecule has 1 aliphatic rings. The van der Waals surface area contributed by atoms with Crippen molar-refractivity contribution in [1.29, 1.82) is 0 Å². The molecule has 0 aliphatic heterocycles. The van der Waals surface area contributed by atoms with E-state index < -0.39 is 21.5 Å². The minimum absolute atomic E-state index is 0.0999. The van der Waals surface area contributed by atoms with Gasteiger partial charge in [-0.2, -0.15) is 0 Å². The summed E-state index contributed by atoms with van der Waals surface area (Å²) in [6.45, 7) is 1.99. The number of hydrogen-bond donors (Lipinski definition) is 3. The van der Waals surface area contributed by atoms with E-state index in [2.05, 4.69) is 4.72 Å². The summed E-state index contributed by atoms with van der Waals surface area (Å²) in [5, 5.41) is 8.87. The van der Waals surface area contributed by atoms with Gasteiger partial charge in [-0.25, -0.2) is 18.6 Å². The van der Waals surface area contributed by atoms with E-state index in [1.54, 1.807) is 17.6 Å². The number of nitrogens with one attached hydrogen (secondary N) is 2. The van der Waals surface area contributed by atoms with E-state index in [0.717, 1.165) is 24.8 Å². The van der Waals surface area contributed by atoms with Crippen LogP contribution in [0.1, 0.15) is 44.1 Å². The van der Waals surface area contributed by atoms with E-state index in [0.29, 0.717) is 24.3 Å². The number of hydroxylamine groups is 1. The first-order valence-electron chi connectivity index (χ1n) is 9.63. The van der Waals surface area contributed by atoms with Crippen LogP contribution in [0.2, 0.25) is 0 Å². The summed E-state index contributed by atoms with van der Waals surface area (Å²) < 4.78 is 34.3. The molecule has 0 radical (unpaired) electrons. The van der Waals surface area contributed by atoms with Crippen LogP contribution in [0.3, 0.4) is 0 Å². The third kappa shape index (κ3) is 5.56. The summed E-state index contributed by atoms with van der Waals surface area (Å²) in [6, 6.07) is 13.7. The fraction of sp³-hybridized carbons (Fsp3) is 0.381. The number of benzene rings is 2. The van der Waals surface area contributed by atoms with Gasteiger partial charge in [0.2, 0.25) is 15.9 Å². The van der Waals surface area contributed by atoms with Crippen molar-refractivity contribution in [3.8, 4) is 11.5 Å². The lowest BCUT2D eigenvalue weighted by molar-refractivity contribution is -0.130. The number of amides is 1. The molecule has 0 heterocycles. The smallest absolute Gasteiger partial charge is 0.245 e. The predicted molar refractivity (Wildman–Crippen MR) is 108 cm³/mol. The van der Waals surface area contributed by atoms with Crippen LogP contribution in [0.25, 0.3) is 0 Å². The van der Waals surface area contributed by atoms with E-state index in [9.17, 15) is 13.2 Å². The monoisotopic (exact) mass is 418 g/mol. The molecule has 1 saturated carbocycles. The molecule has 7 nitrogen and oxygen atoms in total. The average Bonchev–Trinajstić information content (AvgIpc) is 2.70. The summed E-state index contributed by atoms with van der Waals surface area (Å²) in [5.74, 6) is 0.594. The number of ether oxygens (including phenoxy) is 1. The molecule has 29 heavy (non-hydrogen) atoms. The Morgan fingerprint density at radius 2 is 1.55 bits per heavy atom. The first kappa shape index (κ1) is 21.3. The van der Waals surface area contributed by atoms with Crippen LogP contribution in [0, 0.1) is 6.92 Å². The molecule has 1 fully saturated rings. The molecule has 0 unspecified atom stereocenters. The molecule has 0 saturated heterocycles. The molecule has 0 aromatic heterocycles. The maximum Gasteiger partial charge on any atom is 0.245 e. The molecule has 1 amide bonds. The third-order valence-electron chi connectivity index (χ3n) is 5.18. The van der Waals surface area contributed by atoms with Crippen molar-refractivity contribution < 1.29 is 23.2 Å². The minimum atomic E-state index is -3.83. The number of aryl methyl sites for hydroxylation is 1. The molecule has 2 aromatic carbocycles. The van der Waals surface area contributed by atoms with Gasteiger partial charge < -0.3 is 4.74 Å². The minimum Gasteiger partial charge on any atom is -0.457 e. The Morgan fingerprint density at radius 3 is 2.10 bits per heavy atom. The van der Waals surface area contributed by atoms with Crippen molar-refractivity contribution in [2.24, 2.45) is 0 Å². The molecule has 1 aliphatic carbocycles. The van der Waals surface area contributed by atoms with Gasteiger partial charge in [0.1, 0.15) is 11.5 Å². The fourth-order valence-electron chi connectivity index (χ4n) is 3.66. The van der Waals surface area contributed by atoms with Crippen molar-refractivity contribution in [2.75, 3.05) is 0 Å². The Bertz CT molecular complexity index is 934. The number of hydrogen-bond acceptors (Lipinski definition) is 5. The average molecular weight is 419 g/mol. The molecule has 3 N–H and O–H groups in total. The van der Waals surface area contributed by atoms with Crippen molar-refractivity contribution >= 4 is 15.9 Å².